The molecule has 1 heterocycles. The highest BCUT2D eigenvalue weighted by atomic mass is 35.5. The van der Waals surface area contributed by atoms with Gasteiger partial charge in [0.05, 0.1) is 47.1 Å². The Kier molecular flexibility index (Phi) is 3.69. The molecule has 0 N–H and O–H groups in total. The third-order valence-corrected chi connectivity index (χ3v) is 1.91. The number of halogens is 1. The van der Waals surface area contributed by atoms with Gasteiger partial charge in [0.15, 0.2) is 0 Å². The van der Waals surface area contributed by atoms with Gasteiger partial charge in [0.2, 0.25) is 5.28 Å². The number of rotatable bonds is 2. The van der Waals surface area contributed by atoms with E-state index in [-0.39, 0.29) is 22.1 Å². The zero-order chi connectivity index (χ0) is 12.7. The maximum atomic E-state index is 5.66. The third kappa shape index (κ3) is 2.94. The summed E-state index contributed by atoms with van der Waals surface area (Å²) in [5.74, 6) is 0. The van der Waals surface area contributed by atoms with Crippen molar-refractivity contribution in [3.8, 4) is 0 Å². The van der Waals surface area contributed by atoms with E-state index in [0.717, 1.165) is 0 Å². The molecule has 0 fully saturated rings. The summed E-state index contributed by atoms with van der Waals surface area (Å²) in [5, 5.41) is -3.80. The summed E-state index contributed by atoms with van der Waals surface area (Å²) in [4.78, 5) is 7.41. The van der Waals surface area contributed by atoms with E-state index < -0.39 is 10.2 Å². The zero-order valence-corrected chi connectivity index (χ0v) is 9.07. The Hall–Kier alpha value is -0.175. The first-order valence-electron chi connectivity index (χ1n) is 4.10. The molecule has 0 aliphatic carbocycles. The predicted octanol–water partition coefficient (Wildman–Crippen LogP) is -2.84. The van der Waals surface area contributed by atoms with Gasteiger partial charge in [-0.15, -0.1) is 0 Å². The quantitative estimate of drug-likeness (QED) is 0.389. The van der Waals surface area contributed by atoms with Crippen LogP contribution in [0.5, 0.6) is 0 Å². The van der Waals surface area contributed by atoms with Gasteiger partial charge in [0.1, 0.15) is 7.85 Å². The Labute approximate surface area is 109 Å². The summed E-state index contributed by atoms with van der Waals surface area (Å²) in [5.41, 5.74) is -0.272. The molecule has 16 heavy (non-hydrogen) atoms. The molecule has 0 aromatic carbocycles. The Morgan fingerprint density at radius 1 is 0.812 bits per heavy atom. The highest BCUT2D eigenvalue weighted by Gasteiger charge is 2.24. The average Bonchev–Trinajstić information content (AvgIpc) is 2.04. The fraction of sp³-hybridized carbons (Fsp3) is 0.333. The largest absolute Gasteiger partial charge is 0.225 e. The van der Waals surface area contributed by atoms with Crippen LogP contribution in [0.4, 0.5) is 0 Å². The minimum Gasteiger partial charge on any atom is -0.225 e. The van der Waals surface area contributed by atoms with E-state index in [1.54, 1.807) is 0 Å². The fourth-order valence-electron chi connectivity index (χ4n) is 1.10. The van der Waals surface area contributed by atoms with Gasteiger partial charge in [-0.05, 0) is 11.6 Å². The van der Waals surface area contributed by atoms with Crippen molar-refractivity contribution in [1.29, 1.82) is 0 Å². The van der Waals surface area contributed by atoms with Gasteiger partial charge in [0, 0.05) is 11.4 Å². The van der Waals surface area contributed by atoms with E-state index in [0.29, 0.717) is 0 Å². The van der Waals surface area contributed by atoms with E-state index in [4.69, 9.17) is 66.5 Å². The minimum absolute atomic E-state index is 0.0896. The van der Waals surface area contributed by atoms with Crippen molar-refractivity contribution < 1.29 is 0 Å². The first kappa shape index (κ1) is 13.9. The van der Waals surface area contributed by atoms with Crippen molar-refractivity contribution in [3.63, 3.8) is 0 Å². The van der Waals surface area contributed by atoms with Crippen molar-refractivity contribution in [1.82, 2.24) is 9.97 Å². The van der Waals surface area contributed by atoms with Crippen LogP contribution in [-0.4, -0.2) is 64.9 Å². The van der Waals surface area contributed by atoms with Crippen LogP contribution in [0, 0.1) is 0 Å². The van der Waals surface area contributed by atoms with E-state index in [9.17, 15) is 0 Å². The monoisotopic (exact) mass is 212 g/mol. The summed E-state index contributed by atoms with van der Waals surface area (Å²) in [7, 11) is 38.3. The number of aromatic nitrogens is 2. The van der Waals surface area contributed by atoms with Crippen molar-refractivity contribution in [2.24, 2.45) is 0 Å². The number of hydrogen-bond donors (Lipinski definition) is 0. The van der Waals surface area contributed by atoms with Crippen LogP contribution in [0.2, 0.25) is 5.28 Å². The van der Waals surface area contributed by atoms with Gasteiger partial charge in [0.25, 0.3) is 0 Å². The lowest BCUT2D eigenvalue weighted by atomic mass is 9.37. The van der Waals surface area contributed by atoms with Crippen LogP contribution in [0.25, 0.3) is 0 Å². The van der Waals surface area contributed by atoms with Crippen molar-refractivity contribution >= 4 is 72.0 Å². The Bertz CT molecular complexity index is 375. The average molecular weight is 211 g/mol. The molecular formula is C6B7ClN2. The van der Waals surface area contributed by atoms with Gasteiger partial charge < -0.3 is 0 Å². The molecule has 14 radical (unpaired) electrons. The highest BCUT2D eigenvalue weighted by molar-refractivity contribution is 6.62. The molecule has 0 bridgehead atoms. The molecule has 0 aliphatic heterocycles. The lowest BCUT2D eigenvalue weighted by molar-refractivity contribution is 0.986. The SMILES string of the molecule is [B]c1c(C([B])([B])[B])nc(Cl)nc1C([B])([B])[B]. The van der Waals surface area contributed by atoms with Crippen LogP contribution in [0.3, 0.4) is 0 Å². The van der Waals surface area contributed by atoms with Gasteiger partial charge in [-0.25, -0.2) is 9.97 Å². The second-order valence-electron chi connectivity index (χ2n) is 3.47. The molecule has 0 unspecified atom stereocenters. The molecule has 10 heteroatoms. The van der Waals surface area contributed by atoms with E-state index in [2.05, 4.69) is 9.97 Å². The molecule has 0 saturated carbocycles. The summed E-state index contributed by atoms with van der Waals surface area (Å²) in [6, 6.07) is 0. The number of nitrogens with zero attached hydrogens (tertiary/aromatic N) is 2. The van der Waals surface area contributed by atoms with Gasteiger partial charge >= 0.3 is 0 Å². The molecule has 2 nitrogen and oxygen atoms in total. The molecule has 0 saturated heterocycles. The fourth-order valence-corrected chi connectivity index (χ4v) is 1.27. The van der Waals surface area contributed by atoms with E-state index in [1.807, 2.05) is 0 Å². The molecular weight excluding hydrogens is 211 g/mol. The maximum Gasteiger partial charge on any atom is 0.222 e. The third-order valence-electron chi connectivity index (χ3n) is 1.74. The molecule has 0 atom stereocenters. The Morgan fingerprint density at radius 2 is 1.12 bits per heavy atom. The maximum absolute atomic E-state index is 5.66. The summed E-state index contributed by atoms with van der Waals surface area (Å²) in [6.45, 7) is 0. The second-order valence-corrected chi connectivity index (χ2v) is 3.81. The Balaban J connectivity index is 3.51. The zero-order valence-electron chi connectivity index (χ0n) is 8.31. The minimum atomic E-state index is -1.79. The normalized spacial score (nSPS) is 12.6. The molecule has 1 rings (SSSR count). The van der Waals surface area contributed by atoms with Crippen LogP contribution in [-0.2, 0) is 10.2 Å². The van der Waals surface area contributed by atoms with E-state index >= 15 is 0 Å². The number of hydrogen-bond acceptors (Lipinski definition) is 2. The van der Waals surface area contributed by atoms with Crippen molar-refractivity contribution in [2.45, 2.75) is 10.2 Å². The predicted molar refractivity (Wildman–Crippen MR) is 70.3 cm³/mol. The van der Waals surface area contributed by atoms with E-state index in [1.165, 1.54) is 0 Å². The van der Waals surface area contributed by atoms with Gasteiger partial charge in [-0.3, -0.25) is 0 Å². The molecule has 0 spiro atoms. The molecule has 0 aliphatic rings. The summed E-state index contributed by atoms with van der Waals surface area (Å²) in [6.07, 6.45) is 0. The lowest BCUT2D eigenvalue weighted by Crippen LogP contribution is -2.42. The van der Waals surface area contributed by atoms with Crippen LogP contribution < -0.4 is 5.46 Å². The molecule has 1 aromatic rings. The molecule has 0 amide bonds. The lowest BCUT2D eigenvalue weighted by Gasteiger charge is -2.28. The first-order chi connectivity index (χ1) is 7.03. The summed E-state index contributed by atoms with van der Waals surface area (Å²) < 4.78 is 0. The molecule has 1 aromatic heterocycles. The molecule has 62 valence electrons. The topological polar surface area (TPSA) is 25.8 Å². The van der Waals surface area contributed by atoms with Crippen LogP contribution in [0.1, 0.15) is 11.4 Å². The highest BCUT2D eigenvalue weighted by Crippen LogP contribution is 2.16. The van der Waals surface area contributed by atoms with Crippen molar-refractivity contribution in [2.75, 3.05) is 0 Å². The van der Waals surface area contributed by atoms with Crippen LogP contribution >= 0.6 is 11.6 Å². The second kappa shape index (κ2) is 4.25. The summed E-state index contributed by atoms with van der Waals surface area (Å²) >= 11 is 5.62. The van der Waals surface area contributed by atoms with Crippen molar-refractivity contribution in [3.05, 3.63) is 16.7 Å². The standard InChI is InChI=1S/C6B7ClN2/c7-1-2(5(8,9)10)15-4(14)16-3(1)6(11,12)13. The Morgan fingerprint density at radius 3 is 1.38 bits per heavy atom. The smallest absolute Gasteiger partial charge is 0.222 e. The first-order valence-corrected chi connectivity index (χ1v) is 4.48. The van der Waals surface area contributed by atoms with Gasteiger partial charge in [-0.1, -0.05) is 15.7 Å². The van der Waals surface area contributed by atoms with Crippen LogP contribution in [0.15, 0.2) is 0 Å². The van der Waals surface area contributed by atoms with Gasteiger partial charge in [-0.2, -0.15) is 0 Å².